The van der Waals surface area contributed by atoms with Gasteiger partial charge in [0.25, 0.3) is 5.91 Å². The summed E-state index contributed by atoms with van der Waals surface area (Å²) in [6.07, 6.45) is 3.62. The number of hydrogen-bond donors (Lipinski definition) is 0. The molecule has 1 atom stereocenters. The first-order valence-electron chi connectivity index (χ1n) is 8.45. The van der Waals surface area contributed by atoms with Crippen LogP contribution >= 0.6 is 0 Å². The molecule has 23 heavy (non-hydrogen) atoms. The molecule has 1 unspecified atom stereocenters. The average molecular weight is 311 g/mol. The predicted molar refractivity (Wildman–Crippen MR) is 87.0 cm³/mol. The molecule has 0 saturated heterocycles. The van der Waals surface area contributed by atoms with Crippen molar-refractivity contribution in [3.63, 3.8) is 0 Å². The van der Waals surface area contributed by atoms with Gasteiger partial charge < -0.3 is 4.90 Å². The zero-order valence-corrected chi connectivity index (χ0v) is 13.4. The number of carbonyl (C=O) groups is 2. The van der Waals surface area contributed by atoms with Crippen molar-refractivity contribution in [3.05, 3.63) is 34.9 Å². The fourth-order valence-corrected chi connectivity index (χ4v) is 4.12. The van der Waals surface area contributed by atoms with E-state index in [0.717, 1.165) is 19.4 Å². The van der Waals surface area contributed by atoms with Crippen molar-refractivity contribution in [1.82, 2.24) is 9.91 Å². The SMILES string of the molecule is CCN1N=C(C(=O)N2Cc3cccc4c3C(CCC4)C2)CC1=O. The molecule has 2 amide bonds. The number of aryl methyl sites for hydroxylation is 1. The molecule has 3 aliphatic rings. The number of carbonyl (C=O) groups excluding carboxylic acids is 2. The van der Waals surface area contributed by atoms with Crippen LogP contribution in [0.1, 0.15) is 48.8 Å². The van der Waals surface area contributed by atoms with Crippen LogP contribution in [-0.2, 0) is 22.6 Å². The molecular formula is C18H21N3O2. The van der Waals surface area contributed by atoms with Gasteiger partial charge in [0.2, 0.25) is 5.91 Å². The third kappa shape index (κ3) is 2.35. The number of nitrogens with zero attached hydrogens (tertiary/aromatic N) is 3. The van der Waals surface area contributed by atoms with Crippen molar-refractivity contribution in [2.45, 2.75) is 45.1 Å². The number of hydrazone groups is 1. The standard InChI is InChI=1S/C18H21N3O2/c1-2-21-16(22)9-15(19-21)18(23)20-10-13-7-3-5-12-6-4-8-14(11-20)17(12)13/h3,5,7,14H,2,4,6,8-11H2,1H3. The highest BCUT2D eigenvalue weighted by Gasteiger charge is 2.35. The van der Waals surface area contributed by atoms with Crippen LogP contribution in [0.4, 0.5) is 0 Å². The van der Waals surface area contributed by atoms with Crippen molar-refractivity contribution >= 4 is 17.5 Å². The van der Waals surface area contributed by atoms with Gasteiger partial charge in [0.15, 0.2) is 0 Å². The van der Waals surface area contributed by atoms with E-state index in [1.165, 1.54) is 28.1 Å². The molecule has 0 bridgehead atoms. The Labute approximate surface area is 136 Å². The molecule has 1 aromatic rings. The summed E-state index contributed by atoms with van der Waals surface area (Å²) in [6.45, 7) is 3.78. The van der Waals surface area contributed by atoms with Gasteiger partial charge in [-0.05, 0) is 42.9 Å². The zero-order valence-electron chi connectivity index (χ0n) is 13.4. The van der Waals surface area contributed by atoms with Crippen molar-refractivity contribution in [3.8, 4) is 0 Å². The molecule has 0 N–H and O–H groups in total. The van der Waals surface area contributed by atoms with Crippen LogP contribution in [-0.4, -0.2) is 40.5 Å². The molecule has 4 rings (SSSR count). The quantitative estimate of drug-likeness (QED) is 0.839. The van der Waals surface area contributed by atoms with E-state index in [0.29, 0.717) is 24.7 Å². The van der Waals surface area contributed by atoms with Crippen molar-refractivity contribution in [2.75, 3.05) is 13.1 Å². The lowest BCUT2D eigenvalue weighted by molar-refractivity contribution is -0.129. The maximum atomic E-state index is 12.8. The second-order valence-corrected chi connectivity index (χ2v) is 6.60. The van der Waals surface area contributed by atoms with E-state index in [1.54, 1.807) is 0 Å². The molecule has 0 aromatic heterocycles. The maximum absolute atomic E-state index is 12.8. The van der Waals surface area contributed by atoms with E-state index in [-0.39, 0.29) is 18.2 Å². The molecule has 5 nitrogen and oxygen atoms in total. The minimum absolute atomic E-state index is 0.0732. The maximum Gasteiger partial charge on any atom is 0.270 e. The summed E-state index contributed by atoms with van der Waals surface area (Å²) in [4.78, 5) is 26.5. The molecule has 1 aliphatic carbocycles. The number of amides is 2. The van der Waals surface area contributed by atoms with Gasteiger partial charge in [0.05, 0.1) is 6.42 Å². The second-order valence-electron chi connectivity index (χ2n) is 6.60. The lowest BCUT2D eigenvalue weighted by atomic mass is 9.77. The fourth-order valence-electron chi connectivity index (χ4n) is 4.12. The van der Waals surface area contributed by atoms with Crippen LogP contribution in [0, 0.1) is 0 Å². The van der Waals surface area contributed by atoms with E-state index in [2.05, 4.69) is 23.3 Å². The van der Waals surface area contributed by atoms with E-state index in [4.69, 9.17) is 0 Å². The molecule has 1 aromatic carbocycles. The Balaban J connectivity index is 1.60. The topological polar surface area (TPSA) is 53.0 Å². The normalized spacial score (nSPS) is 22.9. The predicted octanol–water partition coefficient (Wildman–Crippen LogP) is 2.06. The highest BCUT2D eigenvalue weighted by molar-refractivity contribution is 6.43. The first-order chi connectivity index (χ1) is 11.2. The molecule has 0 radical (unpaired) electrons. The summed E-state index contributed by atoms with van der Waals surface area (Å²) in [6, 6.07) is 6.46. The summed E-state index contributed by atoms with van der Waals surface area (Å²) >= 11 is 0. The minimum Gasteiger partial charge on any atom is -0.333 e. The Morgan fingerprint density at radius 1 is 1.35 bits per heavy atom. The van der Waals surface area contributed by atoms with Gasteiger partial charge in [-0.3, -0.25) is 9.59 Å². The van der Waals surface area contributed by atoms with Crippen LogP contribution in [0.2, 0.25) is 0 Å². The lowest BCUT2D eigenvalue weighted by Gasteiger charge is -2.38. The lowest BCUT2D eigenvalue weighted by Crippen LogP contribution is -2.42. The molecular weight excluding hydrogens is 290 g/mol. The van der Waals surface area contributed by atoms with Gasteiger partial charge in [0.1, 0.15) is 5.71 Å². The van der Waals surface area contributed by atoms with Gasteiger partial charge >= 0.3 is 0 Å². The monoisotopic (exact) mass is 311 g/mol. The number of benzene rings is 1. The Hall–Kier alpha value is -2.17. The second kappa shape index (κ2) is 5.48. The van der Waals surface area contributed by atoms with E-state index in [1.807, 2.05) is 11.8 Å². The third-order valence-corrected chi connectivity index (χ3v) is 5.18. The first-order valence-corrected chi connectivity index (χ1v) is 8.45. The van der Waals surface area contributed by atoms with Gasteiger partial charge in [-0.2, -0.15) is 5.10 Å². The Bertz CT molecular complexity index is 710. The van der Waals surface area contributed by atoms with Gasteiger partial charge in [-0.1, -0.05) is 18.2 Å². The summed E-state index contributed by atoms with van der Waals surface area (Å²) in [5.74, 6) is 0.289. The zero-order chi connectivity index (χ0) is 16.0. The molecule has 0 spiro atoms. The smallest absolute Gasteiger partial charge is 0.270 e. The van der Waals surface area contributed by atoms with Crippen LogP contribution in [0.25, 0.3) is 0 Å². The number of rotatable bonds is 2. The van der Waals surface area contributed by atoms with E-state index in [9.17, 15) is 9.59 Å². The molecule has 2 aliphatic heterocycles. The van der Waals surface area contributed by atoms with Gasteiger partial charge in [-0.25, -0.2) is 5.01 Å². The molecule has 2 heterocycles. The van der Waals surface area contributed by atoms with Crippen LogP contribution in [0.5, 0.6) is 0 Å². The Kier molecular flexibility index (Phi) is 3.43. The summed E-state index contributed by atoms with van der Waals surface area (Å²) in [5, 5.41) is 5.60. The molecule has 120 valence electrons. The third-order valence-electron chi connectivity index (χ3n) is 5.18. The van der Waals surface area contributed by atoms with Gasteiger partial charge in [-0.15, -0.1) is 0 Å². The van der Waals surface area contributed by atoms with Crippen LogP contribution in [0.15, 0.2) is 23.3 Å². The van der Waals surface area contributed by atoms with Gasteiger partial charge in [0, 0.05) is 25.6 Å². The Morgan fingerprint density at radius 3 is 2.96 bits per heavy atom. The minimum atomic E-state index is -0.0757. The van der Waals surface area contributed by atoms with E-state index < -0.39 is 0 Å². The molecule has 5 heteroatoms. The molecule has 0 fully saturated rings. The highest BCUT2D eigenvalue weighted by Crippen LogP contribution is 2.38. The van der Waals surface area contributed by atoms with E-state index >= 15 is 0 Å². The molecule has 0 saturated carbocycles. The Morgan fingerprint density at radius 2 is 2.17 bits per heavy atom. The summed E-state index contributed by atoms with van der Waals surface area (Å²) < 4.78 is 0. The van der Waals surface area contributed by atoms with Crippen LogP contribution in [0.3, 0.4) is 0 Å². The number of hydrogen-bond acceptors (Lipinski definition) is 3. The fraction of sp³-hybridized carbons (Fsp3) is 0.500. The first kappa shape index (κ1) is 14.4. The summed E-state index contributed by atoms with van der Waals surface area (Å²) in [7, 11) is 0. The largest absolute Gasteiger partial charge is 0.333 e. The average Bonchev–Trinajstić information content (AvgIpc) is 2.95. The highest BCUT2D eigenvalue weighted by atomic mass is 16.2. The van der Waals surface area contributed by atoms with Crippen molar-refractivity contribution in [1.29, 1.82) is 0 Å². The van der Waals surface area contributed by atoms with Crippen molar-refractivity contribution in [2.24, 2.45) is 5.10 Å². The van der Waals surface area contributed by atoms with Crippen molar-refractivity contribution < 1.29 is 9.59 Å². The summed E-state index contributed by atoms with van der Waals surface area (Å²) in [5.41, 5.74) is 4.59. The van der Waals surface area contributed by atoms with Crippen LogP contribution < -0.4 is 0 Å².